The highest BCUT2D eigenvalue weighted by atomic mass is 16.5. The Balaban J connectivity index is 1.87. The van der Waals surface area contributed by atoms with Gasteiger partial charge in [-0.25, -0.2) is 4.79 Å². The topological polar surface area (TPSA) is 103 Å². The van der Waals surface area contributed by atoms with Gasteiger partial charge in [0, 0.05) is 18.2 Å². The van der Waals surface area contributed by atoms with Crippen molar-refractivity contribution in [1.82, 2.24) is 5.32 Å². The van der Waals surface area contributed by atoms with Crippen molar-refractivity contribution in [3.63, 3.8) is 0 Å². The van der Waals surface area contributed by atoms with Crippen LogP contribution in [0.1, 0.15) is 44.1 Å². The van der Waals surface area contributed by atoms with Crippen molar-refractivity contribution in [3.8, 4) is 6.07 Å². The molecule has 0 spiro atoms. The van der Waals surface area contributed by atoms with Crippen LogP contribution in [0.3, 0.4) is 0 Å². The quantitative estimate of drug-likeness (QED) is 0.715. The molecule has 1 aromatic carbocycles. The van der Waals surface area contributed by atoms with Crippen molar-refractivity contribution in [2.24, 2.45) is 5.92 Å². The minimum absolute atomic E-state index is 0.0893. The molecule has 0 heterocycles. The highest BCUT2D eigenvalue weighted by molar-refractivity contribution is 5.92. The van der Waals surface area contributed by atoms with Gasteiger partial charge >= 0.3 is 12.0 Å². The summed E-state index contributed by atoms with van der Waals surface area (Å²) in [7, 11) is 1.40. The molecule has 1 saturated carbocycles. The SMILES string of the molecule is COC(=O)CCC1CCC(NC(=O)N(CCO)c2ccc(C#N)cc2)CC1. The number of amides is 2. The van der Waals surface area contributed by atoms with Crippen LogP contribution in [0.15, 0.2) is 24.3 Å². The first kappa shape index (κ1) is 20.7. The molecule has 0 aromatic heterocycles. The Bertz CT molecular complexity index is 661. The van der Waals surface area contributed by atoms with Gasteiger partial charge in [0.2, 0.25) is 0 Å². The van der Waals surface area contributed by atoms with E-state index in [4.69, 9.17) is 5.26 Å². The molecule has 0 bridgehead atoms. The number of methoxy groups -OCH3 is 1. The summed E-state index contributed by atoms with van der Waals surface area (Å²) in [6, 6.07) is 8.61. The minimum Gasteiger partial charge on any atom is -0.469 e. The highest BCUT2D eigenvalue weighted by Gasteiger charge is 2.25. The lowest BCUT2D eigenvalue weighted by Gasteiger charge is -2.31. The number of carbonyl (C=O) groups excluding carboxylic acids is 2. The van der Waals surface area contributed by atoms with Gasteiger partial charge in [0.1, 0.15) is 0 Å². The molecule has 1 fully saturated rings. The second-order valence-electron chi connectivity index (χ2n) is 6.82. The maximum atomic E-state index is 12.7. The second-order valence-corrected chi connectivity index (χ2v) is 6.82. The van der Waals surface area contributed by atoms with Gasteiger partial charge in [-0.2, -0.15) is 5.26 Å². The fraction of sp³-hybridized carbons (Fsp3) is 0.550. The lowest BCUT2D eigenvalue weighted by molar-refractivity contribution is -0.141. The number of ether oxygens (including phenoxy) is 1. The Hall–Kier alpha value is -2.59. The zero-order chi connectivity index (χ0) is 19.6. The van der Waals surface area contributed by atoms with Gasteiger partial charge in [-0.15, -0.1) is 0 Å². The van der Waals surface area contributed by atoms with E-state index in [1.807, 2.05) is 6.07 Å². The number of aliphatic hydroxyl groups is 1. The van der Waals surface area contributed by atoms with Crippen LogP contribution >= 0.6 is 0 Å². The van der Waals surface area contributed by atoms with Gasteiger partial charge in [0.05, 0.1) is 31.9 Å². The molecule has 0 saturated heterocycles. The van der Waals surface area contributed by atoms with Crippen LogP contribution in [-0.4, -0.2) is 43.4 Å². The molecule has 27 heavy (non-hydrogen) atoms. The first-order valence-corrected chi connectivity index (χ1v) is 9.33. The number of carbonyl (C=O) groups is 2. The molecule has 0 aliphatic heterocycles. The number of rotatable bonds is 7. The molecule has 146 valence electrons. The Labute approximate surface area is 159 Å². The van der Waals surface area contributed by atoms with Crippen LogP contribution in [0.25, 0.3) is 0 Å². The monoisotopic (exact) mass is 373 g/mol. The lowest BCUT2D eigenvalue weighted by Crippen LogP contribution is -2.47. The summed E-state index contributed by atoms with van der Waals surface area (Å²) in [5, 5.41) is 21.2. The molecular weight excluding hydrogens is 346 g/mol. The molecule has 2 rings (SSSR count). The van der Waals surface area contributed by atoms with Gasteiger partial charge in [0.15, 0.2) is 0 Å². The summed E-state index contributed by atoms with van der Waals surface area (Å²) in [5.41, 5.74) is 1.17. The normalized spacial score (nSPS) is 19.0. The largest absolute Gasteiger partial charge is 0.469 e. The lowest BCUT2D eigenvalue weighted by atomic mass is 9.83. The number of aliphatic hydroxyl groups excluding tert-OH is 1. The van der Waals surface area contributed by atoms with E-state index in [1.54, 1.807) is 24.3 Å². The Morgan fingerprint density at radius 2 is 1.93 bits per heavy atom. The number of hydrogen-bond donors (Lipinski definition) is 2. The van der Waals surface area contributed by atoms with Gasteiger partial charge in [-0.05, 0) is 62.3 Å². The van der Waals surface area contributed by atoms with Crippen molar-refractivity contribution in [2.45, 2.75) is 44.6 Å². The standard InChI is InChI=1S/C20H27N3O4/c1-27-19(25)11-6-15-2-7-17(8-3-15)22-20(26)23(12-13-24)18-9-4-16(14-21)5-10-18/h4-5,9-10,15,17,24H,2-3,6-8,11-13H2,1H3,(H,22,26). The average molecular weight is 373 g/mol. The van der Waals surface area contributed by atoms with E-state index in [1.165, 1.54) is 12.0 Å². The van der Waals surface area contributed by atoms with E-state index in [9.17, 15) is 14.7 Å². The van der Waals surface area contributed by atoms with Gasteiger partial charge in [-0.1, -0.05) is 0 Å². The number of nitriles is 1. The Kier molecular flexibility index (Phi) is 8.08. The molecule has 7 nitrogen and oxygen atoms in total. The summed E-state index contributed by atoms with van der Waals surface area (Å²) in [6.45, 7) is 0.0416. The fourth-order valence-corrected chi connectivity index (χ4v) is 3.44. The fourth-order valence-electron chi connectivity index (χ4n) is 3.44. The van der Waals surface area contributed by atoms with Crippen LogP contribution in [0, 0.1) is 17.2 Å². The van der Waals surface area contributed by atoms with Crippen LogP contribution < -0.4 is 10.2 Å². The van der Waals surface area contributed by atoms with Gasteiger partial charge in [0.25, 0.3) is 0 Å². The number of nitrogens with zero attached hydrogens (tertiary/aromatic N) is 2. The first-order chi connectivity index (χ1) is 13.1. The van der Waals surface area contributed by atoms with Crippen molar-refractivity contribution in [2.75, 3.05) is 25.2 Å². The smallest absolute Gasteiger partial charge is 0.322 e. The summed E-state index contributed by atoms with van der Waals surface area (Å²) >= 11 is 0. The summed E-state index contributed by atoms with van der Waals surface area (Å²) in [4.78, 5) is 25.4. The van der Waals surface area contributed by atoms with Gasteiger partial charge < -0.3 is 15.2 Å². The molecule has 7 heteroatoms. The molecular formula is C20H27N3O4. The number of esters is 1. The zero-order valence-electron chi connectivity index (χ0n) is 15.7. The van der Waals surface area contributed by atoms with E-state index in [0.29, 0.717) is 23.6 Å². The predicted molar refractivity (Wildman–Crippen MR) is 101 cm³/mol. The summed E-state index contributed by atoms with van der Waals surface area (Å²) in [5.74, 6) is 0.316. The molecule has 1 aromatic rings. The summed E-state index contributed by atoms with van der Waals surface area (Å²) in [6.07, 6.45) is 4.96. The number of benzene rings is 1. The Morgan fingerprint density at radius 1 is 1.26 bits per heavy atom. The molecule has 2 amide bonds. The molecule has 0 unspecified atom stereocenters. The highest BCUT2D eigenvalue weighted by Crippen LogP contribution is 2.28. The second kappa shape index (κ2) is 10.5. The molecule has 1 aliphatic carbocycles. The van der Waals surface area contributed by atoms with Crippen LogP contribution in [0.5, 0.6) is 0 Å². The van der Waals surface area contributed by atoms with E-state index < -0.39 is 0 Å². The van der Waals surface area contributed by atoms with E-state index in [-0.39, 0.29) is 31.2 Å². The van der Waals surface area contributed by atoms with Crippen molar-refractivity contribution in [1.29, 1.82) is 5.26 Å². The average Bonchev–Trinajstić information content (AvgIpc) is 2.71. The number of nitrogens with one attached hydrogen (secondary N) is 1. The molecule has 0 atom stereocenters. The number of urea groups is 1. The van der Waals surface area contributed by atoms with Crippen LogP contribution in [0.4, 0.5) is 10.5 Å². The van der Waals surface area contributed by atoms with E-state index in [2.05, 4.69) is 10.1 Å². The van der Waals surface area contributed by atoms with Crippen LogP contribution in [0.2, 0.25) is 0 Å². The number of hydrogen-bond acceptors (Lipinski definition) is 5. The minimum atomic E-state index is -0.244. The third-order valence-electron chi connectivity index (χ3n) is 5.04. The first-order valence-electron chi connectivity index (χ1n) is 9.33. The van der Waals surface area contributed by atoms with E-state index >= 15 is 0 Å². The molecule has 1 aliphatic rings. The third-order valence-corrected chi connectivity index (χ3v) is 5.04. The predicted octanol–water partition coefficient (Wildman–Crippen LogP) is 2.58. The van der Waals surface area contributed by atoms with E-state index in [0.717, 1.165) is 32.1 Å². The van der Waals surface area contributed by atoms with Crippen LogP contribution in [-0.2, 0) is 9.53 Å². The van der Waals surface area contributed by atoms with Crippen molar-refractivity contribution >= 4 is 17.7 Å². The zero-order valence-corrected chi connectivity index (χ0v) is 15.7. The Morgan fingerprint density at radius 3 is 2.48 bits per heavy atom. The molecule has 0 radical (unpaired) electrons. The molecule has 2 N–H and O–H groups in total. The van der Waals surface area contributed by atoms with Gasteiger partial charge in [-0.3, -0.25) is 9.69 Å². The van der Waals surface area contributed by atoms with Crippen molar-refractivity contribution in [3.05, 3.63) is 29.8 Å². The number of anilines is 1. The van der Waals surface area contributed by atoms with Crippen molar-refractivity contribution < 1.29 is 19.4 Å². The maximum absolute atomic E-state index is 12.7. The third kappa shape index (κ3) is 6.26. The maximum Gasteiger partial charge on any atom is 0.322 e. The summed E-state index contributed by atoms with van der Waals surface area (Å²) < 4.78 is 4.68.